The molecule has 25 heavy (non-hydrogen) atoms. The van der Waals surface area contributed by atoms with E-state index in [4.69, 9.17) is 14.5 Å². The van der Waals surface area contributed by atoms with E-state index in [2.05, 4.69) is 56.3 Å². The van der Waals surface area contributed by atoms with Gasteiger partial charge in [-0.2, -0.15) is 0 Å². The second kappa shape index (κ2) is 6.40. The Morgan fingerprint density at radius 1 is 0.840 bits per heavy atom. The number of hydrogen-bond acceptors (Lipinski definition) is 3. The minimum absolute atomic E-state index is 0.0717. The lowest BCUT2D eigenvalue weighted by molar-refractivity contribution is 0.177. The molecular formula is C22H23NO2. The highest BCUT2D eigenvalue weighted by molar-refractivity contribution is 5.86. The number of rotatable bonds is 4. The minimum atomic E-state index is -0.354. The van der Waals surface area contributed by atoms with Crippen LogP contribution in [0.1, 0.15) is 36.9 Å². The van der Waals surface area contributed by atoms with Crippen molar-refractivity contribution < 1.29 is 9.47 Å². The third kappa shape index (κ3) is 3.07. The number of nitrogens with zero attached hydrogens (tertiary/aromatic N) is 1. The lowest BCUT2D eigenvalue weighted by Gasteiger charge is -2.24. The zero-order valence-corrected chi connectivity index (χ0v) is 14.7. The van der Waals surface area contributed by atoms with Gasteiger partial charge in [0.25, 0.3) is 0 Å². The van der Waals surface area contributed by atoms with E-state index >= 15 is 0 Å². The highest BCUT2D eigenvalue weighted by Gasteiger charge is 2.40. The molecule has 0 aromatic heterocycles. The van der Waals surface area contributed by atoms with E-state index < -0.39 is 0 Å². The molecule has 128 valence electrons. The Hall–Kier alpha value is -2.55. The second-order valence-corrected chi connectivity index (χ2v) is 7.16. The van der Waals surface area contributed by atoms with Crippen molar-refractivity contribution in [3.8, 4) is 0 Å². The molecule has 2 aliphatic heterocycles. The fourth-order valence-corrected chi connectivity index (χ4v) is 3.41. The van der Waals surface area contributed by atoms with E-state index in [0.29, 0.717) is 19.1 Å². The first kappa shape index (κ1) is 15.9. The van der Waals surface area contributed by atoms with E-state index in [1.807, 2.05) is 24.3 Å². The van der Waals surface area contributed by atoms with E-state index in [1.165, 1.54) is 11.1 Å². The highest BCUT2D eigenvalue weighted by Crippen LogP contribution is 2.40. The van der Waals surface area contributed by atoms with Gasteiger partial charge in [-0.25, -0.2) is 4.99 Å². The number of benzene rings is 2. The van der Waals surface area contributed by atoms with Gasteiger partial charge in [0.15, 0.2) is 5.90 Å². The van der Waals surface area contributed by atoms with Crippen molar-refractivity contribution in [1.29, 1.82) is 0 Å². The van der Waals surface area contributed by atoms with Crippen molar-refractivity contribution in [2.45, 2.75) is 25.8 Å². The number of hydrogen-bond donors (Lipinski definition) is 0. The van der Waals surface area contributed by atoms with Gasteiger partial charge in [-0.15, -0.1) is 0 Å². The van der Waals surface area contributed by atoms with Crippen molar-refractivity contribution in [2.75, 3.05) is 13.2 Å². The van der Waals surface area contributed by atoms with Crippen LogP contribution in [0.15, 0.2) is 77.5 Å². The van der Waals surface area contributed by atoms with Gasteiger partial charge >= 0.3 is 0 Å². The molecule has 3 heteroatoms. The fraction of sp³-hybridized carbons (Fsp3) is 0.318. The van der Waals surface area contributed by atoms with Crippen LogP contribution in [-0.4, -0.2) is 19.1 Å². The Labute approximate surface area is 149 Å². The first-order chi connectivity index (χ1) is 12.1. The normalized spacial score (nSPS) is 22.8. The van der Waals surface area contributed by atoms with E-state index in [9.17, 15) is 0 Å². The average Bonchev–Trinajstić information content (AvgIpc) is 3.34. The molecule has 2 aromatic carbocycles. The lowest BCUT2D eigenvalue weighted by atomic mass is 9.88. The summed E-state index contributed by atoms with van der Waals surface area (Å²) in [7, 11) is 0. The molecule has 0 N–H and O–H groups in total. The van der Waals surface area contributed by atoms with E-state index in [1.54, 1.807) is 0 Å². The molecule has 0 aliphatic carbocycles. The molecule has 2 atom stereocenters. The summed E-state index contributed by atoms with van der Waals surface area (Å²) in [6.45, 7) is 5.52. The summed E-state index contributed by atoms with van der Waals surface area (Å²) in [6, 6.07) is 20.9. The molecule has 0 fully saturated rings. The summed E-state index contributed by atoms with van der Waals surface area (Å²) in [5, 5.41) is 0. The van der Waals surface area contributed by atoms with E-state index in [-0.39, 0.29) is 11.5 Å². The standard InChI is InChI=1S/C22H23NO2/c1-22(2,20-13-18(14-24-20)16-9-5-3-6-10-16)21-23-19(15-25-21)17-11-7-4-8-12-17/h3-13,18-19H,14-15H2,1-2H3. The van der Waals surface area contributed by atoms with Crippen LogP contribution in [0.2, 0.25) is 0 Å². The zero-order valence-electron chi connectivity index (χ0n) is 14.7. The first-order valence-electron chi connectivity index (χ1n) is 8.80. The molecule has 0 saturated heterocycles. The Morgan fingerprint density at radius 2 is 1.48 bits per heavy atom. The minimum Gasteiger partial charge on any atom is -0.496 e. The maximum absolute atomic E-state index is 6.04. The number of ether oxygens (including phenoxy) is 2. The summed E-state index contributed by atoms with van der Waals surface area (Å²) < 4.78 is 12.0. The predicted molar refractivity (Wildman–Crippen MR) is 99.6 cm³/mol. The van der Waals surface area contributed by atoms with Crippen LogP contribution in [0.5, 0.6) is 0 Å². The maximum atomic E-state index is 6.04. The Kier molecular flexibility index (Phi) is 4.08. The molecule has 0 radical (unpaired) electrons. The van der Waals surface area contributed by atoms with Gasteiger partial charge in [-0.3, -0.25) is 0 Å². The van der Waals surface area contributed by atoms with Crippen LogP contribution in [0.3, 0.4) is 0 Å². The van der Waals surface area contributed by atoms with Crippen LogP contribution in [0.25, 0.3) is 0 Å². The zero-order chi connectivity index (χ0) is 17.3. The molecule has 0 spiro atoms. The summed E-state index contributed by atoms with van der Waals surface area (Å²) in [4.78, 5) is 4.85. The molecule has 2 aromatic rings. The van der Waals surface area contributed by atoms with E-state index in [0.717, 1.165) is 11.7 Å². The predicted octanol–water partition coefficient (Wildman–Crippen LogP) is 4.88. The highest BCUT2D eigenvalue weighted by atomic mass is 16.5. The van der Waals surface area contributed by atoms with Gasteiger partial charge in [0.1, 0.15) is 18.4 Å². The summed E-state index contributed by atoms with van der Waals surface area (Å²) in [6.07, 6.45) is 2.22. The van der Waals surface area contributed by atoms with Crippen LogP contribution in [0.4, 0.5) is 0 Å². The quantitative estimate of drug-likeness (QED) is 0.798. The van der Waals surface area contributed by atoms with Crippen LogP contribution < -0.4 is 0 Å². The van der Waals surface area contributed by atoms with Crippen molar-refractivity contribution >= 4 is 5.90 Å². The van der Waals surface area contributed by atoms with Gasteiger partial charge in [-0.05, 0) is 31.1 Å². The van der Waals surface area contributed by atoms with Gasteiger partial charge < -0.3 is 9.47 Å². The SMILES string of the molecule is CC(C)(C1=CC(c2ccccc2)CO1)C1=NC(c2ccccc2)CO1. The van der Waals surface area contributed by atoms with Crippen LogP contribution in [0, 0.1) is 5.41 Å². The Balaban J connectivity index is 1.56. The van der Waals surface area contributed by atoms with Crippen molar-refractivity contribution in [1.82, 2.24) is 0 Å². The summed E-state index contributed by atoms with van der Waals surface area (Å²) in [5.41, 5.74) is 2.12. The number of aliphatic imine (C=N–C) groups is 1. The first-order valence-corrected chi connectivity index (χ1v) is 8.80. The third-order valence-electron chi connectivity index (χ3n) is 4.98. The molecular weight excluding hydrogens is 310 g/mol. The molecule has 4 rings (SSSR count). The summed E-state index contributed by atoms with van der Waals surface area (Å²) >= 11 is 0. The van der Waals surface area contributed by atoms with Crippen LogP contribution >= 0.6 is 0 Å². The van der Waals surface area contributed by atoms with Gasteiger partial charge in [0, 0.05) is 5.92 Å². The molecule has 0 bridgehead atoms. The lowest BCUT2D eigenvalue weighted by Crippen LogP contribution is -2.27. The molecule has 3 nitrogen and oxygen atoms in total. The third-order valence-corrected chi connectivity index (χ3v) is 4.98. The smallest absolute Gasteiger partial charge is 0.197 e. The van der Waals surface area contributed by atoms with Crippen molar-refractivity contribution in [2.24, 2.45) is 10.4 Å². The Morgan fingerprint density at radius 3 is 2.16 bits per heavy atom. The molecule has 2 aliphatic rings. The van der Waals surface area contributed by atoms with Gasteiger partial charge in [0.05, 0.1) is 12.0 Å². The second-order valence-electron chi connectivity index (χ2n) is 7.16. The maximum Gasteiger partial charge on any atom is 0.197 e. The van der Waals surface area contributed by atoms with Crippen molar-refractivity contribution in [3.63, 3.8) is 0 Å². The molecule has 0 saturated carbocycles. The molecule has 2 unspecified atom stereocenters. The van der Waals surface area contributed by atoms with Gasteiger partial charge in [0.2, 0.25) is 0 Å². The topological polar surface area (TPSA) is 30.8 Å². The average molecular weight is 333 g/mol. The van der Waals surface area contributed by atoms with Gasteiger partial charge in [-0.1, -0.05) is 60.7 Å². The summed E-state index contributed by atoms with van der Waals surface area (Å²) in [5.74, 6) is 2.01. The largest absolute Gasteiger partial charge is 0.496 e. The monoisotopic (exact) mass is 333 g/mol. The fourth-order valence-electron chi connectivity index (χ4n) is 3.41. The molecule has 0 amide bonds. The van der Waals surface area contributed by atoms with Crippen molar-refractivity contribution in [3.05, 3.63) is 83.6 Å². The Bertz CT molecular complexity index is 726. The van der Waals surface area contributed by atoms with Crippen LogP contribution in [-0.2, 0) is 9.47 Å². The molecule has 2 heterocycles.